The normalized spacial score (nSPS) is 17.1. The van der Waals surface area contributed by atoms with E-state index in [4.69, 9.17) is 9.47 Å². The number of benzene rings is 5. The van der Waals surface area contributed by atoms with Crippen LogP contribution in [-0.4, -0.2) is 113 Å². The van der Waals surface area contributed by atoms with Crippen LogP contribution in [0.15, 0.2) is 138 Å². The quantitative estimate of drug-likeness (QED) is 0.0493. The van der Waals surface area contributed by atoms with E-state index in [1.165, 1.54) is 17.7 Å². The van der Waals surface area contributed by atoms with E-state index in [2.05, 4.69) is 39.5 Å². The van der Waals surface area contributed by atoms with Gasteiger partial charge in [-0.1, -0.05) is 91.0 Å². The third-order valence-corrected chi connectivity index (χ3v) is 14.9. The van der Waals surface area contributed by atoms with Crippen LogP contribution in [-0.2, 0) is 27.3 Å². The van der Waals surface area contributed by atoms with Gasteiger partial charge in [0.1, 0.15) is 17.4 Å². The molecule has 5 aromatic carbocycles. The minimum atomic E-state index is -0.843. The van der Waals surface area contributed by atoms with E-state index < -0.39 is 12.0 Å². The molecule has 13 nitrogen and oxygen atoms in total. The number of aromatic hydroxyl groups is 1. The molecule has 0 bridgehead atoms. The summed E-state index contributed by atoms with van der Waals surface area (Å²) in [6.07, 6.45) is 4.84. The van der Waals surface area contributed by atoms with Crippen LogP contribution in [0.2, 0.25) is 0 Å². The fraction of sp³-hybridized carbons (Fsp3) is 0.390. The van der Waals surface area contributed by atoms with E-state index in [-0.39, 0.29) is 41.6 Å². The molecule has 3 saturated heterocycles. The van der Waals surface area contributed by atoms with Crippen molar-refractivity contribution in [3.05, 3.63) is 177 Å². The van der Waals surface area contributed by atoms with Crippen molar-refractivity contribution >= 4 is 28.7 Å². The standard InChI is InChI=1S/C59H67N5O8/c65-52-20-18-50(51-19-21-54(67)61-56(51)52)53(66)37-60-29-22-41-14-16-46(17-15-41)57(68)64-34-27-47(28-35-64)58(69)63-32-25-44(26-33-63)39-71-49-13-7-12-48(36-49)55(45-10-5-2-6-11-45)59(70)72-40-43-23-30-62(31-24-43)38-42-8-3-1-4-9-42/h1-21,36,43-44,47,53,55,60,65-66H,22-35,37-40H2,(H,61,67)/t53-,55?/m0/s1. The van der Waals surface area contributed by atoms with Crippen molar-refractivity contribution < 1.29 is 34.1 Å². The topological polar surface area (TPSA) is 165 Å². The zero-order chi connectivity index (χ0) is 49.8. The van der Waals surface area contributed by atoms with Crippen molar-refractivity contribution in [3.8, 4) is 11.5 Å². The third kappa shape index (κ3) is 12.8. The number of aliphatic hydroxyl groups is 1. The molecular weight excluding hydrogens is 907 g/mol. The van der Waals surface area contributed by atoms with Crippen molar-refractivity contribution in [2.24, 2.45) is 17.8 Å². The van der Waals surface area contributed by atoms with Crippen molar-refractivity contribution in [2.45, 2.75) is 63.5 Å². The largest absolute Gasteiger partial charge is 0.506 e. The summed E-state index contributed by atoms with van der Waals surface area (Å²) >= 11 is 0. The Hall–Kier alpha value is -6.80. The maximum Gasteiger partial charge on any atom is 0.317 e. The fourth-order valence-electron chi connectivity index (χ4n) is 10.6. The van der Waals surface area contributed by atoms with Crippen LogP contribution in [0.1, 0.15) is 88.7 Å². The van der Waals surface area contributed by atoms with E-state index >= 15 is 0 Å². The molecule has 0 spiro atoms. The summed E-state index contributed by atoms with van der Waals surface area (Å²) < 4.78 is 12.5. The molecule has 1 unspecified atom stereocenters. The summed E-state index contributed by atoms with van der Waals surface area (Å²) in [5.74, 6) is 0.548. The highest BCUT2D eigenvalue weighted by Gasteiger charge is 2.33. The van der Waals surface area contributed by atoms with Crippen molar-refractivity contribution in [2.75, 3.05) is 65.6 Å². The number of aromatic amines is 1. The highest BCUT2D eigenvalue weighted by atomic mass is 16.5. The lowest BCUT2D eigenvalue weighted by atomic mass is 9.91. The van der Waals surface area contributed by atoms with E-state index in [9.17, 15) is 29.4 Å². The summed E-state index contributed by atoms with van der Waals surface area (Å²) in [7, 11) is 0. The molecule has 0 radical (unpaired) electrons. The Kier molecular flexibility index (Phi) is 16.8. The molecular formula is C59H67N5O8. The molecule has 2 amide bonds. The molecule has 72 heavy (non-hydrogen) atoms. The Morgan fingerprint density at radius 1 is 0.681 bits per heavy atom. The molecule has 4 N–H and O–H groups in total. The minimum absolute atomic E-state index is 0.0283. The number of phenols is 1. The lowest BCUT2D eigenvalue weighted by molar-refractivity contribution is -0.146. The Balaban J connectivity index is 0.682. The number of piperidine rings is 3. The summed E-state index contributed by atoms with van der Waals surface area (Å²) in [6.45, 7) is 7.20. The number of carbonyl (C=O) groups excluding carboxylic acids is 3. The van der Waals surface area contributed by atoms with Gasteiger partial charge in [-0.25, -0.2) is 0 Å². The Morgan fingerprint density at radius 2 is 1.35 bits per heavy atom. The average Bonchev–Trinajstić information content (AvgIpc) is 3.42. The number of nitrogens with zero attached hydrogens (tertiary/aromatic N) is 3. The van der Waals surface area contributed by atoms with Crippen LogP contribution in [0.3, 0.4) is 0 Å². The molecule has 3 fully saturated rings. The zero-order valence-electron chi connectivity index (χ0n) is 41.0. The van der Waals surface area contributed by atoms with Crippen LogP contribution >= 0.6 is 0 Å². The number of rotatable bonds is 18. The van der Waals surface area contributed by atoms with Gasteiger partial charge >= 0.3 is 5.97 Å². The van der Waals surface area contributed by atoms with Crippen LogP contribution in [0.25, 0.3) is 10.9 Å². The van der Waals surface area contributed by atoms with Gasteiger partial charge in [0.05, 0.1) is 24.8 Å². The molecule has 1 aromatic heterocycles. The summed E-state index contributed by atoms with van der Waals surface area (Å²) in [5.41, 5.74) is 5.31. The second-order valence-corrected chi connectivity index (χ2v) is 19.8. The first-order valence-electron chi connectivity index (χ1n) is 25.8. The number of esters is 1. The van der Waals surface area contributed by atoms with E-state index in [1.807, 2.05) is 94.7 Å². The predicted molar refractivity (Wildman–Crippen MR) is 278 cm³/mol. The van der Waals surface area contributed by atoms with Crippen molar-refractivity contribution in [1.82, 2.24) is 25.0 Å². The second kappa shape index (κ2) is 24.1. The SMILES string of the molecule is O=C(OCC1CCN(Cc2ccccc2)CC1)C(c1ccccc1)c1cccc(OCC2CCN(C(=O)C3CCN(C(=O)c4ccc(CCNC[C@H](O)c5ccc(O)c6[nH]c(=O)ccc56)cc4)CC3)CC2)c1. The first kappa shape index (κ1) is 50.2. The van der Waals surface area contributed by atoms with Gasteiger partial charge in [-0.3, -0.25) is 24.1 Å². The number of likely N-dealkylation sites (tertiary alicyclic amines) is 3. The molecule has 2 atom stereocenters. The van der Waals surface area contributed by atoms with Crippen LogP contribution in [0.5, 0.6) is 11.5 Å². The fourth-order valence-corrected chi connectivity index (χ4v) is 10.6. The lowest BCUT2D eigenvalue weighted by Gasteiger charge is -2.37. The van der Waals surface area contributed by atoms with Crippen molar-refractivity contribution in [3.63, 3.8) is 0 Å². The number of hydrogen-bond acceptors (Lipinski definition) is 10. The monoisotopic (exact) mass is 973 g/mol. The molecule has 13 heteroatoms. The molecule has 0 aliphatic carbocycles. The van der Waals surface area contributed by atoms with Gasteiger partial charge in [0.2, 0.25) is 11.5 Å². The molecule has 3 aliphatic rings. The van der Waals surface area contributed by atoms with Gasteiger partial charge in [0.15, 0.2) is 0 Å². The number of nitrogens with one attached hydrogen (secondary N) is 2. The number of aliphatic hydroxyl groups excluding tert-OH is 1. The zero-order valence-corrected chi connectivity index (χ0v) is 41.0. The second-order valence-electron chi connectivity index (χ2n) is 19.8. The summed E-state index contributed by atoms with van der Waals surface area (Å²) in [5, 5.41) is 24.9. The Bertz CT molecular complexity index is 2800. The number of fused-ring (bicyclic) bond motifs is 1. The first-order chi connectivity index (χ1) is 35.1. The first-order valence-corrected chi connectivity index (χ1v) is 25.8. The van der Waals surface area contributed by atoms with E-state index in [0.29, 0.717) is 105 Å². The number of pyridine rings is 1. The molecule has 0 saturated carbocycles. The maximum atomic E-state index is 13.9. The molecule has 376 valence electrons. The maximum absolute atomic E-state index is 13.9. The number of phenolic OH excluding ortho intramolecular Hbond substituents is 1. The third-order valence-electron chi connectivity index (χ3n) is 14.9. The van der Waals surface area contributed by atoms with Crippen molar-refractivity contribution in [1.29, 1.82) is 0 Å². The molecule has 6 aromatic rings. The number of carbonyl (C=O) groups is 3. The predicted octanol–water partition coefficient (Wildman–Crippen LogP) is 7.86. The summed E-state index contributed by atoms with van der Waals surface area (Å²) in [4.78, 5) is 61.8. The highest BCUT2D eigenvalue weighted by molar-refractivity contribution is 5.94. The Labute approximate surface area is 421 Å². The Morgan fingerprint density at radius 3 is 2.08 bits per heavy atom. The van der Waals surface area contributed by atoms with Crippen LogP contribution < -0.4 is 15.6 Å². The number of aromatic nitrogens is 1. The van der Waals surface area contributed by atoms with Gasteiger partial charge in [-0.2, -0.15) is 0 Å². The highest BCUT2D eigenvalue weighted by Crippen LogP contribution is 2.32. The molecule has 4 heterocycles. The van der Waals surface area contributed by atoms with Gasteiger partial charge < -0.3 is 39.8 Å². The van der Waals surface area contributed by atoms with Gasteiger partial charge in [0.25, 0.3) is 5.91 Å². The molecule has 9 rings (SSSR count). The smallest absolute Gasteiger partial charge is 0.317 e. The molecule has 3 aliphatic heterocycles. The van der Waals surface area contributed by atoms with E-state index in [1.54, 1.807) is 12.1 Å². The van der Waals surface area contributed by atoms with Gasteiger partial charge in [0, 0.05) is 62.2 Å². The van der Waals surface area contributed by atoms with Crippen LogP contribution in [0.4, 0.5) is 0 Å². The lowest BCUT2D eigenvalue weighted by Crippen LogP contribution is -2.47. The van der Waals surface area contributed by atoms with Crippen LogP contribution in [0, 0.1) is 17.8 Å². The number of H-pyrrole nitrogens is 1. The number of amides is 2. The summed E-state index contributed by atoms with van der Waals surface area (Å²) in [6, 6.07) is 41.9. The van der Waals surface area contributed by atoms with E-state index in [0.717, 1.165) is 62.0 Å². The minimum Gasteiger partial charge on any atom is -0.506 e. The van der Waals surface area contributed by atoms with Gasteiger partial charge in [-0.15, -0.1) is 0 Å². The average molecular weight is 974 g/mol. The number of hydrogen-bond donors (Lipinski definition) is 4. The number of ether oxygens (including phenoxy) is 2. The van der Waals surface area contributed by atoms with Gasteiger partial charge in [-0.05, 0) is 141 Å².